The van der Waals surface area contributed by atoms with Crippen molar-refractivity contribution >= 4 is 45.7 Å². The van der Waals surface area contributed by atoms with Crippen molar-refractivity contribution in [3.8, 4) is 0 Å². The molecule has 0 amide bonds. The van der Waals surface area contributed by atoms with Gasteiger partial charge in [-0.3, -0.25) is 0 Å². The summed E-state index contributed by atoms with van der Waals surface area (Å²) in [7, 11) is 0. The molecule has 5 heteroatoms. The van der Waals surface area contributed by atoms with E-state index in [0.717, 1.165) is 11.4 Å². The third-order valence-corrected chi connectivity index (χ3v) is 5.29. The van der Waals surface area contributed by atoms with Gasteiger partial charge >= 0.3 is 0 Å². The molecule has 1 aliphatic heterocycles. The molecule has 1 saturated heterocycles. The Morgan fingerprint density at radius 1 is 1.41 bits per heavy atom. The second-order valence-electron chi connectivity index (χ2n) is 4.12. The first kappa shape index (κ1) is 13.1. The molecule has 1 atom stereocenters. The number of rotatable bonds is 3. The minimum absolute atomic E-state index is 0. The molecule has 1 aromatic heterocycles. The summed E-state index contributed by atoms with van der Waals surface area (Å²) < 4.78 is 2.52. The van der Waals surface area contributed by atoms with Crippen molar-refractivity contribution in [2.24, 2.45) is 5.92 Å². The van der Waals surface area contributed by atoms with Crippen LogP contribution in [0.15, 0.2) is 28.6 Å². The van der Waals surface area contributed by atoms with Gasteiger partial charge in [0, 0.05) is 5.75 Å². The third-order valence-electron chi connectivity index (χ3n) is 2.88. The fourth-order valence-electron chi connectivity index (χ4n) is 1.96. The molecule has 1 unspecified atom stereocenters. The molecule has 3 rings (SSSR count). The lowest BCUT2D eigenvalue weighted by Crippen LogP contribution is -2.10. The molecule has 0 spiro atoms. The number of hydrogen-bond donors (Lipinski definition) is 1. The molecule has 2 aromatic rings. The summed E-state index contributed by atoms with van der Waals surface area (Å²) in [5.41, 5.74) is 1.14. The molecule has 0 saturated carbocycles. The number of para-hydroxylation sites is 1. The molecule has 2 heterocycles. The monoisotopic (exact) mass is 286 g/mol. The number of halogens is 1. The topological polar surface area (TPSA) is 24.9 Å². The van der Waals surface area contributed by atoms with Crippen molar-refractivity contribution in [3.63, 3.8) is 0 Å². The lowest BCUT2D eigenvalue weighted by molar-refractivity contribution is 0.662. The highest BCUT2D eigenvalue weighted by molar-refractivity contribution is 8.01. The fourth-order valence-corrected chi connectivity index (χ4v) is 4.19. The van der Waals surface area contributed by atoms with Gasteiger partial charge in [0.25, 0.3) is 0 Å². The van der Waals surface area contributed by atoms with Crippen LogP contribution in [0.4, 0.5) is 0 Å². The second kappa shape index (κ2) is 6.05. The Bertz CT molecular complexity index is 447. The molecule has 1 N–H and O–H groups in total. The second-order valence-corrected chi connectivity index (χ2v) is 6.42. The Morgan fingerprint density at radius 2 is 2.29 bits per heavy atom. The van der Waals surface area contributed by atoms with E-state index in [1.54, 1.807) is 0 Å². The predicted octanol–water partition coefficient (Wildman–Crippen LogP) is 3.42. The van der Waals surface area contributed by atoms with E-state index in [9.17, 15) is 0 Å². The Balaban J connectivity index is 0.00000108. The normalized spacial score (nSPS) is 19.4. The quantitative estimate of drug-likeness (QED) is 0.875. The minimum Gasteiger partial charge on any atom is -0.316 e. The number of nitrogens with one attached hydrogen (secondary N) is 1. The Morgan fingerprint density at radius 3 is 3.06 bits per heavy atom. The van der Waals surface area contributed by atoms with Crippen molar-refractivity contribution in [3.05, 3.63) is 24.3 Å². The predicted molar refractivity (Wildman–Crippen MR) is 78.6 cm³/mol. The summed E-state index contributed by atoms with van der Waals surface area (Å²) in [4.78, 5) is 4.63. The summed E-state index contributed by atoms with van der Waals surface area (Å²) in [6.45, 7) is 2.36. The zero-order valence-corrected chi connectivity index (χ0v) is 11.8. The van der Waals surface area contributed by atoms with Gasteiger partial charge < -0.3 is 5.32 Å². The van der Waals surface area contributed by atoms with Gasteiger partial charge in [0.2, 0.25) is 0 Å². The third kappa shape index (κ3) is 3.13. The minimum atomic E-state index is 0. The van der Waals surface area contributed by atoms with Gasteiger partial charge in [-0.05, 0) is 37.6 Å². The number of nitrogens with zero attached hydrogens (tertiary/aromatic N) is 1. The number of aromatic nitrogens is 1. The molecule has 0 radical (unpaired) electrons. The van der Waals surface area contributed by atoms with Crippen LogP contribution in [0.25, 0.3) is 10.2 Å². The van der Waals surface area contributed by atoms with Crippen LogP contribution < -0.4 is 5.32 Å². The molecule has 0 bridgehead atoms. The summed E-state index contributed by atoms with van der Waals surface area (Å²) in [5, 5.41) is 3.40. The molecule has 17 heavy (non-hydrogen) atoms. The standard InChI is InChI=1S/C12H14N2S2.ClH/c1-2-4-11-10(3-1)14-12(16-11)15-8-9-5-6-13-7-9;/h1-4,9,13H,5-8H2;1H. The first-order chi connectivity index (χ1) is 7.92. The highest BCUT2D eigenvalue weighted by Crippen LogP contribution is 2.31. The molecule has 1 aliphatic rings. The van der Waals surface area contributed by atoms with E-state index >= 15 is 0 Å². The van der Waals surface area contributed by atoms with Crippen molar-refractivity contribution in [2.75, 3.05) is 18.8 Å². The fraction of sp³-hybridized carbons (Fsp3) is 0.417. The molecular formula is C12H15ClN2S2. The molecule has 2 nitrogen and oxygen atoms in total. The zero-order valence-electron chi connectivity index (χ0n) is 9.39. The van der Waals surface area contributed by atoms with E-state index in [0.29, 0.717) is 0 Å². The van der Waals surface area contributed by atoms with Gasteiger partial charge in [-0.1, -0.05) is 23.9 Å². The molecule has 0 aliphatic carbocycles. The molecule has 1 fully saturated rings. The van der Waals surface area contributed by atoms with E-state index in [1.807, 2.05) is 23.1 Å². The average molecular weight is 287 g/mol. The van der Waals surface area contributed by atoms with Crippen LogP contribution in [-0.2, 0) is 0 Å². The van der Waals surface area contributed by atoms with Crippen LogP contribution in [0.3, 0.4) is 0 Å². The lowest BCUT2D eigenvalue weighted by atomic mass is 10.2. The van der Waals surface area contributed by atoms with Crippen LogP contribution >= 0.6 is 35.5 Å². The smallest absolute Gasteiger partial charge is 0.151 e. The van der Waals surface area contributed by atoms with Crippen molar-refractivity contribution in [1.82, 2.24) is 10.3 Å². The van der Waals surface area contributed by atoms with Gasteiger partial charge in [0.1, 0.15) is 0 Å². The van der Waals surface area contributed by atoms with Gasteiger partial charge in [-0.15, -0.1) is 23.7 Å². The summed E-state index contributed by atoms with van der Waals surface area (Å²) in [5.74, 6) is 2.03. The van der Waals surface area contributed by atoms with Gasteiger partial charge in [-0.2, -0.15) is 0 Å². The van der Waals surface area contributed by atoms with Crippen LogP contribution in [0.1, 0.15) is 6.42 Å². The van der Waals surface area contributed by atoms with E-state index in [4.69, 9.17) is 0 Å². The van der Waals surface area contributed by atoms with Gasteiger partial charge in [0.05, 0.1) is 10.2 Å². The Labute approximate surface area is 116 Å². The highest BCUT2D eigenvalue weighted by atomic mass is 35.5. The molecule has 92 valence electrons. The summed E-state index contributed by atoms with van der Waals surface area (Å²) in [6, 6.07) is 8.37. The Hall–Kier alpha value is -0.290. The number of thiazole rings is 1. The number of fused-ring (bicyclic) bond motifs is 1. The highest BCUT2D eigenvalue weighted by Gasteiger charge is 2.15. The van der Waals surface area contributed by atoms with Crippen LogP contribution in [0.5, 0.6) is 0 Å². The maximum atomic E-state index is 4.63. The lowest BCUT2D eigenvalue weighted by Gasteiger charge is -2.04. The zero-order chi connectivity index (χ0) is 10.8. The number of hydrogen-bond acceptors (Lipinski definition) is 4. The van der Waals surface area contributed by atoms with Crippen molar-refractivity contribution in [1.29, 1.82) is 0 Å². The van der Waals surface area contributed by atoms with Crippen molar-refractivity contribution < 1.29 is 0 Å². The van der Waals surface area contributed by atoms with Gasteiger partial charge in [0.15, 0.2) is 4.34 Å². The van der Waals surface area contributed by atoms with Crippen LogP contribution in [0, 0.1) is 5.92 Å². The average Bonchev–Trinajstić information content (AvgIpc) is 2.95. The SMILES string of the molecule is Cl.c1ccc2sc(SCC3CCNC3)nc2c1. The van der Waals surface area contributed by atoms with Crippen LogP contribution in [-0.4, -0.2) is 23.8 Å². The molecular weight excluding hydrogens is 272 g/mol. The molecule has 1 aromatic carbocycles. The van der Waals surface area contributed by atoms with E-state index in [2.05, 4.69) is 34.6 Å². The van der Waals surface area contributed by atoms with E-state index < -0.39 is 0 Å². The van der Waals surface area contributed by atoms with E-state index in [-0.39, 0.29) is 12.4 Å². The summed E-state index contributed by atoms with van der Waals surface area (Å²) >= 11 is 3.72. The number of thioether (sulfide) groups is 1. The number of benzene rings is 1. The largest absolute Gasteiger partial charge is 0.316 e. The Kier molecular flexibility index (Phi) is 4.68. The maximum absolute atomic E-state index is 4.63. The summed E-state index contributed by atoms with van der Waals surface area (Å²) in [6.07, 6.45) is 1.32. The maximum Gasteiger partial charge on any atom is 0.151 e. The van der Waals surface area contributed by atoms with E-state index in [1.165, 1.54) is 34.3 Å². The van der Waals surface area contributed by atoms with Crippen LogP contribution in [0.2, 0.25) is 0 Å². The van der Waals surface area contributed by atoms with Crippen molar-refractivity contribution in [2.45, 2.75) is 10.8 Å². The first-order valence-electron chi connectivity index (χ1n) is 5.61. The van der Waals surface area contributed by atoms with Gasteiger partial charge in [-0.25, -0.2) is 4.98 Å². The first-order valence-corrected chi connectivity index (χ1v) is 7.41.